The first-order valence-corrected chi connectivity index (χ1v) is 7.32. The molecular weight excluding hydrogens is 306 g/mol. The number of aromatic nitrogens is 4. The van der Waals surface area contributed by atoms with Gasteiger partial charge in [-0.3, -0.25) is 14.8 Å². The highest BCUT2D eigenvalue weighted by Gasteiger charge is 2.10. The Labute approximate surface area is 138 Å². The molecule has 7 heteroatoms. The van der Waals surface area contributed by atoms with Crippen molar-refractivity contribution in [3.05, 3.63) is 65.8 Å². The van der Waals surface area contributed by atoms with Crippen LogP contribution in [0.15, 0.2) is 47.4 Å². The SMILES string of the molecule is Cc1ccc(NC(=O)Cc2noc(/C=C/c3cnccn3)n2)cc1. The third kappa shape index (κ3) is 4.33. The van der Waals surface area contributed by atoms with Gasteiger partial charge in [-0.1, -0.05) is 22.9 Å². The number of hydrogen-bond donors (Lipinski definition) is 1. The van der Waals surface area contributed by atoms with Crippen LogP contribution in [0, 0.1) is 6.92 Å². The van der Waals surface area contributed by atoms with Crippen molar-refractivity contribution in [1.29, 1.82) is 0 Å². The summed E-state index contributed by atoms with van der Waals surface area (Å²) in [7, 11) is 0. The van der Waals surface area contributed by atoms with Crippen LogP contribution in [0.25, 0.3) is 12.2 Å². The monoisotopic (exact) mass is 321 g/mol. The third-order valence-electron chi connectivity index (χ3n) is 3.12. The van der Waals surface area contributed by atoms with Crippen LogP contribution in [0.4, 0.5) is 5.69 Å². The summed E-state index contributed by atoms with van der Waals surface area (Å²) in [5, 5.41) is 6.58. The Morgan fingerprint density at radius 2 is 2.04 bits per heavy atom. The lowest BCUT2D eigenvalue weighted by atomic mass is 10.2. The number of amides is 1. The fraction of sp³-hybridized carbons (Fsp3) is 0.118. The first-order chi connectivity index (χ1) is 11.7. The molecule has 24 heavy (non-hydrogen) atoms. The number of nitrogens with zero attached hydrogens (tertiary/aromatic N) is 4. The maximum Gasteiger partial charge on any atom is 0.250 e. The molecule has 3 rings (SSSR count). The van der Waals surface area contributed by atoms with E-state index in [2.05, 4.69) is 25.4 Å². The number of hydrogen-bond acceptors (Lipinski definition) is 6. The fourth-order valence-electron chi connectivity index (χ4n) is 1.95. The molecule has 0 fully saturated rings. The minimum atomic E-state index is -0.205. The lowest BCUT2D eigenvalue weighted by molar-refractivity contribution is -0.115. The Bertz CT molecular complexity index is 841. The predicted octanol–water partition coefficient (Wildman–Crippen LogP) is 2.52. The molecule has 0 aliphatic carbocycles. The summed E-state index contributed by atoms with van der Waals surface area (Å²) < 4.78 is 5.08. The number of carbonyl (C=O) groups excluding carboxylic acids is 1. The normalized spacial score (nSPS) is 10.9. The molecule has 1 N–H and O–H groups in total. The number of carbonyl (C=O) groups is 1. The average molecular weight is 321 g/mol. The molecule has 7 nitrogen and oxygen atoms in total. The van der Waals surface area contributed by atoms with Gasteiger partial charge in [0.25, 0.3) is 5.89 Å². The maximum atomic E-state index is 12.0. The van der Waals surface area contributed by atoms with Gasteiger partial charge in [0.1, 0.15) is 0 Å². The molecule has 120 valence electrons. The van der Waals surface area contributed by atoms with Gasteiger partial charge in [0, 0.05) is 24.2 Å². The average Bonchev–Trinajstić information content (AvgIpc) is 3.03. The molecule has 2 heterocycles. The smallest absolute Gasteiger partial charge is 0.250 e. The van der Waals surface area contributed by atoms with Gasteiger partial charge in [-0.05, 0) is 25.1 Å². The highest BCUT2D eigenvalue weighted by molar-refractivity contribution is 5.91. The summed E-state index contributed by atoms with van der Waals surface area (Å²) in [5.41, 5.74) is 2.54. The topological polar surface area (TPSA) is 93.8 Å². The maximum absolute atomic E-state index is 12.0. The van der Waals surface area contributed by atoms with E-state index >= 15 is 0 Å². The highest BCUT2D eigenvalue weighted by atomic mass is 16.5. The van der Waals surface area contributed by atoms with E-state index in [1.807, 2.05) is 31.2 Å². The van der Waals surface area contributed by atoms with Crippen LogP contribution < -0.4 is 5.32 Å². The Morgan fingerprint density at radius 1 is 1.21 bits per heavy atom. The molecule has 0 spiro atoms. The lowest BCUT2D eigenvalue weighted by Crippen LogP contribution is -2.15. The third-order valence-corrected chi connectivity index (χ3v) is 3.12. The van der Waals surface area contributed by atoms with Crippen molar-refractivity contribution in [2.75, 3.05) is 5.32 Å². The molecule has 0 atom stereocenters. The number of anilines is 1. The predicted molar refractivity (Wildman–Crippen MR) is 88.8 cm³/mol. The molecular formula is C17H15N5O2. The van der Waals surface area contributed by atoms with Crippen molar-refractivity contribution < 1.29 is 9.32 Å². The Kier molecular flexibility index (Phi) is 4.71. The Morgan fingerprint density at radius 3 is 2.79 bits per heavy atom. The molecule has 1 aromatic carbocycles. The van der Waals surface area contributed by atoms with Crippen LogP contribution >= 0.6 is 0 Å². The first-order valence-electron chi connectivity index (χ1n) is 7.32. The van der Waals surface area contributed by atoms with Crippen LogP contribution in [-0.2, 0) is 11.2 Å². The van der Waals surface area contributed by atoms with Gasteiger partial charge < -0.3 is 9.84 Å². The van der Waals surface area contributed by atoms with Gasteiger partial charge in [-0.15, -0.1) is 0 Å². The van der Waals surface area contributed by atoms with E-state index in [0.717, 1.165) is 11.3 Å². The largest absolute Gasteiger partial charge is 0.335 e. The van der Waals surface area contributed by atoms with E-state index in [-0.39, 0.29) is 12.3 Å². The Hall–Kier alpha value is -3.35. The fourth-order valence-corrected chi connectivity index (χ4v) is 1.95. The zero-order chi connectivity index (χ0) is 16.8. The van der Waals surface area contributed by atoms with Crippen molar-refractivity contribution in [2.45, 2.75) is 13.3 Å². The van der Waals surface area contributed by atoms with Crippen LogP contribution in [0.3, 0.4) is 0 Å². The number of aryl methyl sites for hydroxylation is 1. The van der Waals surface area contributed by atoms with Crippen LogP contribution in [-0.4, -0.2) is 26.0 Å². The summed E-state index contributed by atoms with van der Waals surface area (Å²) in [6.07, 6.45) is 8.16. The second-order valence-corrected chi connectivity index (χ2v) is 5.10. The molecule has 0 saturated heterocycles. The van der Waals surface area contributed by atoms with Gasteiger partial charge in [-0.25, -0.2) is 0 Å². The van der Waals surface area contributed by atoms with Crippen LogP contribution in [0.1, 0.15) is 23.0 Å². The van der Waals surface area contributed by atoms with Crippen LogP contribution in [0.2, 0.25) is 0 Å². The second kappa shape index (κ2) is 7.28. The molecule has 0 bridgehead atoms. The van der Waals surface area contributed by atoms with E-state index in [1.54, 1.807) is 30.7 Å². The summed E-state index contributed by atoms with van der Waals surface area (Å²) in [6.45, 7) is 1.99. The molecule has 0 aliphatic rings. The van der Waals surface area contributed by atoms with E-state index in [4.69, 9.17) is 4.52 Å². The molecule has 0 radical (unpaired) electrons. The van der Waals surface area contributed by atoms with Gasteiger partial charge >= 0.3 is 0 Å². The number of rotatable bonds is 5. The van der Waals surface area contributed by atoms with Crippen LogP contribution in [0.5, 0.6) is 0 Å². The van der Waals surface area contributed by atoms with E-state index in [9.17, 15) is 4.79 Å². The molecule has 3 aromatic rings. The number of nitrogens with one attached hydrogen (secondary N) is 1. The zero-order valence-corrected chi connectivity index (χ0v) is 13.0. The standard InChI is InChI=1S/C17H15N5O2/c1-12-2-4-13(5-3-12)20-16(23)10-15-21-17(24-22-15)7-6-14-11-18-8-9-19-14/h2-9,11H,10H2,1H3,(H,20,23)/b7-6+. The molecule has 1 amide bonds. The van der Waals surface area contributed by atoms with E-state index in [1.165, 1.54) is 0 Å². The minimum absolute atomic E-state index is 0.0381. The highest BCUT2D eigenvalue weighted by Crippen LogP contribution is 2.09. The molecule has 2 aromatic heterocycles. The molecule has 0 aliphatic heterocycles. The summed E-state index contributed by atoms with van der Waals surface area (Å²) in [5.74, 6) is 0.418. The van der Waals surface area contributed by atoms with Gasteiger partial charge in [0.2, 0.25) is 5.91 Å². The quantitative estimate of drug-likeness (QED) is 0.776. The molecule has 0 saturated carbocycles. The first kappa shape index (κ1) is 15.5. The summed E-state index contributed by atoms with van der Waals surface area (Å²) in [6, 6.07) is 7.55. The van der Waals surface area contributed by atoms with Gasteiger partial charge in [0.05, 0.1) is 18.3 Å². The Balaban J connectivity index is 1.58. The van der Waals surface area contributed by atoms with Crippen molar-refractivity contribution in [3.8, 4) is 0 Å². The number of benzene rings is 1. The summed E-state index contributed by atoms with van der Waals surface area (Å²) in [4.78, 5) is 24.2. The van der Waals surface area contributed by atoms with Gasteiger partial charge in [-0.2, -0.15) is 4.98 Å². The minimum Gasteiger partial charge on any atom is -0.335 e. The van der Waals surface area contributed by atoms with Gasteiger partial charge in [0.15, 0.2) is 5.82 Å². The second-order valence-electron chi connectivity index (χ2n) is 5.10. The summed E-state index contributed by atoms with van der Waals surface area (Å²) >= 11 is 0. The van der Waals surface area contributed by atoms with Crippen molar-refractivity contribution >= 4 is 23.7 Å². The van der Waals surface area contributed by atoms with Crippen molar-refractivity contribution in [2.24, 2.45) is 0 Å². The molecule has 0 unspecified atom stereocenters. The van der Waals surface area contributed by atoms with E-state index in [0.29, 0.717) is 17.4 Å². The van der Waals surface area contributed by atoms with E-state index < -0.39 is 0 Å². The zero-order valence-electron chi connectivity index (χ0n) is 13.0. The van der Waals surface area contributed by atoms with Crippen molar-refractivity contribution in [1.82, 2.24) is 20.1 Å². The van der Waals surface area contributed by atoms with Crippen molar-refractivity contribution in [3.63, 3.8) is 0 Å². The lowest BCUT2D eigenvalue weighted by Gasteiger charge is -2.03.